The van der Waals surface area contributed by atoms with Gasteiger partial charge >= 0.3 is 0 Å². The summed E-state index contributed by atoms with van der Waals surface area (Å²) in [5.74, 6) is 0.226. The molecule has 1 aliphatic rings. The Bertz CT molecular complexity index is 190. The Kier molecular flexibility index (Phi) is 3.62. The van der Waals surface area contributed by atoms with Crippen LogP contribution in [0.5, 0.6) is 0 Å². The molecule has 0 aromatic rings. The van der Waals surface area contributed by atoms with Gasteiger partial charge in [-0.15, -0.1) is 0 Å². The van der Waals surface area contributed by atoms with Crippen molar-refractivity contribution >= 4 is 18.5 Å². The van der Waals surface area contributed by atoms with Gasteiger partial charge < -0.3 is 10.4 Å². The van der Waals surface area contributed by atoms with Crippen LogP contribution in [0.25, 0.3) is 0 Å². The van der Waals surface area contributed by atoms with E-state index in [1.165, 1.54) is 0 Å². The zero-order valence-electron chi connectivity index (χ0n) is 8.03. The van der Waals surface area contributed by atoms with Crippen LogP contribution in [-0.4, -0.2) is 28.4 Å². The van der Waals surface area contributed by atoms with E-state index in [0.717, 1.165) is 0 Å². The van der Waals surface area contributed by atoms with Gasteiger partial charge in [0.2, 0.25) is 5.91 Å². The minimum Gasteiger partial charge on any atom is -0.393 e. The highest BCUT2D eigenvalue weighted by atomic mass is 32.1. The van der Waals surface area contributed by atoms with E-state index in [4.69, 9.17) is 5.11 Å². The number of carbonyl (C=O) groups is 1. The first kappa shape index (κ1) is 10.9. The van der Waals surface area contributed by atoms with Crippen LogP contribution >= 0.6 is 12.6 Å². The fourth-order valence-electron chi connectivity index (χ4n) is 1.29. The summed E-state index contributed by atoms with van der Waals surface area (Å²) in [4.78, 5) is 11.4. The van der Waals surface area contributed by atoms with Crippen molar-refractivity contribution in [2.45, 2.75) is 44.1 Å². The van der Waals surface area contributed by atoms with Crippen LogP contribution in [0, 0.1) is 5.92 Å². The molecule has 0 aliphatic heterocycles. The molecule has 1 unspecified atom stereocenters. The van der Waals surface area contributed by atoms with Crippen LogP contribution in [0.3, 0.4) is 0 Å². The molecule has 0 aromatic heterocycles. The molecule has 1 rings (SSSR count). The molecule has 2 N–H and O–H groups in total. The minimum atomic E-state index is -0.238. The van der Waals surface area contributed by atoms with Crippen molar-refractivity contribution in [3.8, 4) is 0 Å². The Hall–Kier alpha value is -0.220. The SMILES string of the molecule is CC(C)C(S)C(=O)NC1CC(O)C1. The quantitative estimate of drug-likeness (QED) is 0.588. The highest BCUT2D eigenvalue weighted by molar-refractivity contribution is 7.81. The summed E-state index contributed by atoms with van der Waals surface area (Å²) in [5.41, 5.74) is 0. The molecule has 1 atom stereocenters. The average molecular weight is 203 g/mol. The number of hydrogen-bond donors (Lipinski definition) is 3. The second kappa shape index (κ2) is 4.33. The summed E-state index contributed by atoms with van der Waals surface area (Å²) in [7, 11) is 0. The van der Waals surface area contributed by atoms with Gasteiger partial charge in [-0.05, 0) is 18.8 Å². The number of aliphatic hydroxyl groups is 1. The fourth-order valence-corrected chi connectivity index (χ4v) is 1.37. The van der Waals surface area contributed by atoms with Gasteiger partial charge in [0.05, 0.1) is 11.4 Å². The lowest BCUT2D eigenvalue weighted by Gasteiger charge is -2.33. The predicted molar refractivity (Wildman–Crippen MR) is 54.8 cm³/mol. The lowest BCUT2D eigenvalue weighted by Crippen LogP contribution is -2.49. The summed E-state index contributed by atoms with van der Waals surface area (Å²) in [5, 5.41) is 11.6. The molecule has 13 heavy (non-hydrogen) atoms. The van der Waals surface area contributed by atoms with E-state index in [2.05, 4.69) is 17.9 Å². The molecule has 0 heterocycles. The maximum atomic E-state index is 11.4. The molecular formula is C9H17NO2S. The lowest BCUT2D eigenvalue weighted by molar-refractivity contribution is -0.123. The van der Waals surface area contributed by atoms with Crippen molar-refractivity contribution in [2.75, 3.05) is 0 Å². The van der Waals surface area contributed by atoms with Gasteiger partial charge in [0, 0.05) is 6.04 Å². The molecule has 3 nitrogen and oxygen atoms in total. The smallest absolute Gasteiger partial charge is 0.233 e. The van der Waals surface area contributed by atoms with Gasteiger partial charge in [-0.1, -0.05) is 13.8 Å². The molecule has 76 valence electrons. The fraction of sp³-hybridized carbons (Fsp3) is 0.889. The van der Waals surface area contributed by atoms with Gasteiger partial charge in [-0.3, -0.25) is 4.79 Å². The summed E-state index contributed by atoms with van der Waals surface area (Å²) < 4.78 is 0. The van der Waals surface area contributed by atoms with Gasteiger partial charge in [-0.2, -0.15) is 12.6 Å². The number of hydrogen-bond acceptors (Lipinski definition) is 3. The van der Waals surface area contributed by atoms with Crippen LogP contribution in [0.1, 0.15) is 26.7 Å². The maximum Gasteiger partial charge on any atom is 0.233 e. The average Bonchev–Trinajstić information content (AvgIpc) is 2.00. The van der Waals surface area contributed by atoms with Crippen LogP contribution in [0.4, 0.5) is 0 Å². The summed E-state index contributed by atoms with van der Waals surface area (Å²) in [6.45, 7) is 3.93. The van der Waals surface area contributed by atoms with E-state index in [1.807, 2.05) is 13.8 Å². The van der Waals surface area contributed by atoms with Gasteiger partial charge in [0.25, 0.3) is 0 Å². The molecule has 1 fully saturated rings. The molecule has 0 aromatic carbocycles. The van der Waals surface area contributed by atoms with E-state index in [9.17, 15) is 4.79 Å². The predicted octanol–water partition coefficient (Wildman–Crippen LogP) is 0.580. The van der Waals surface area contributed by atoms with Crippen molar-refractivity contribution in [3.63, 3.8) is 0 Å². The third-order valence-electron chi connectivity index (χ3n) is 2.36. The van der Waals surface area contributed by atoms with Crippen LogP contribution in [0.15, 0.2) is 0 Å². The zero-order valence-corrected chi connectivity index (χ0v) is 8.92. The first-order chi connectivity index (χ1) is 6.00. The van der Waals surface area contributed by atoms with Crippen molar-refractivity contribution in [1.82, 2.24) is 5.32 Å². The van der Waals surface area contributed by atoms with Gasteiger partial charge in [0.15, 0.2) is 0 Å². The monoisotopic (exact) mass is 203 g/mol. The highest BCUT2D eigenvalue weighted by Crippen LogP contribution is 2.20. The standard InChI is InChI=1S/C9H17NO2S/c1-5(2)8(13)9(12)10-6-3-7(11)4-6/h5-8,11,13H,3-4H2,1-2H3,(H,10,12). The maximum absolute atomic E-state index is 11.4. The largest absolute Gasteiger partial charge is 0.393 e. The zero-order chi connectivity index (χ0) is 10.0. The number of thiol groups is 1. The van der Waals surface area contributed by atoms with Crippen molar-refractivity contribution < 1.29 is 9.90 Å². The summed E-state index contributed by atoms with van der Waals surface area (Å²) >= 11 is 4.21. The number of carbonyl (C=O) groups excluding carboxylic acids is 1. The molecule has 1 amide bonds. The third kappa shape index (κ3) is 2.88. The van der Waals surface area contributed by atoms with Crippen molar-refractivity contribution in [3.05, 3.63) is 0 Å². The second-order valence-electron chi connectivity index (χ2n) is 4.02. The Balaban J connectivity index is 2.25. The Morgan fingerprint density at radius 2 is 2.08 bits per heavy atom. The minimum absolute atomic E-state index is 0.0183. The Morgan fingerprint density at radius 1 is 1.54 bits per heavy atom. The Morgan fingerprint density at radius 3 is 2.46 bits per heavy atom. The Labute approximate surface area is 84.3 Å². The summed E-state index contributed by atoms with van der Waals surface area (Å²) in [6, 6.07) is 0.163. The van der Waals surface area contributed by atoms with Gasteiger partial charge in [-0.25, -0.2) is 0 Å². The summed E-state index contributed by atoms with van der Waals surface area (Å²) in [6.07, 6.45) is 1.15. The number of rotatable bonds is 3. The molecule has 1 saturated carbocycles. The van der Waals surface area contributed by atoms with Gasteiger partial charge in [0.1, 0.15) is 0 Å². The van der Waals surface area contributed by atoms with E-state index >= 15 is 0 Å². The van der Waals surface area contributed by atoms with E-state index in [-0.39, 0.29) is 29.2 Å². The first-order valence-electron chi connectivity index (χ1n) is 4.67. The van der Waals surface area contributed by atoms with Crippen molar-refractivity contribution in [1.29, 1.82) is 0 Å². The molecule has 0 saturated heterocycles. The second-order valence-corrected chi connectivity index (χ2v) is 4.58. The van der Waals surface area contributed by atoms with Crippen LogP contribution in [-0.2, 0) is 4.79 Å². The van der Waals surface area contributed by atoms with Crippen LogP contribution < -0.4 is 5.32 Å². The molecule has 0 radical (unpaired) electrons. The highest BCUT2D eigenvalue weighted by Gasteiger charge is 2.30. The number of aliphatic hydroxyl groups excluding tert-OH is 1. The number of nitrogens with one attached hydrogen (secondary N) is 1. The first-order valence-corrected chi connectivity index (χ1v) is 5.19. The van der Waals surface area contributed by atoms with E-state index in [1.54, 1.807) is 0 Å². The molecule has 0 bridgehead atoms. The molecular weight excluding hydrogens is 186 g/mol. The van der Waals surface area contributed by atoms with Crippen molar-refractivity contribution in [2.24, 2.45) is 5.92 Å². The molecule has 4 heteroatoms. The topological polar surface area (TPSA) is 49.3 Å². The lowest BCUT2D eigenvalue weighted by atomic mass is 9.89. The van der Waals surface area contributed by atoms with E-state index in [0.29, 0.717) is 12.8 Å². The normalized spacial score (nSPS) is 29.6. The third-order valence-corrected chi connectivity index (χ3v) is 3.19. The number of amides is 1. The van der Waals surface area contributed by atoms with E-state index < -0.39 is 0 Å². The molecule has 0 spiro atoms. The molecule has 1 aliphatic carbocycles. The van der Waals surface area contributed by atoms with Crippen LogP contribution in [0.2, 0.25) is 0 Å².